The molecule has 0 radical (unpaired) electrons. The Kier molecular flexibility index (Phi) is 4.08. The number of hydrogen-bond donors (Lipinski definition) is 0. The quantitative estimate of drug-likeness (QED) is 0.710. The van der Waals surface area contributed by atoms with E-state index in [2.05, 4.69) is 15.3 Å². The van der Waals surface area contributed by atoms with Crippen molar-refractivity contribution in [2.75, 3.05) is 5.75 Å². The van der Waals surface area contributed by atoms with Crippen LogP contribution in [-0.2, 0) is 6.42 Å². The average molecular weight is 359 g/mol. The van der Waals surface area contributed by atoms with Gasteiger partial charge in [-0.2, -0.15) is 9.78 Å². The lowest BCUT2D eigenvalue weighted by atomic mass is 10.1. The fourth-order valence-corrected chi connectivity index (χ4v) is 3.46. The maximum atomic E-state index is 13.9. The Balaban J connectivity index is 1.69. The number of aromatic nitrogens is 3. The summed E-state index contributed by atoms with van der Waals surface area (Å²) >= 11 is 7.50. The van der Waals surface area contributed by atoms with Gasteiger partial charge in [0, 0.05) is 17.2 Å². The van der Waals surface area contributed by atoms with E-state index in [1.54, 1.807) is 28.6 Å². The van der Waals surface area contributed by atoms with Gasteiger partial charge in [-0.1, -0.05) is 53.7 Å². The molecule has 2 heterocycles. The Morgan fingerprint density at radius 3 is 2.67 bits per heavy atom. The standard InChI is InChI=1S/C17H12ClFN4S/c18-13-7-5-11(6-8-13)15-10-24-17-21-20-16(23(17)22-15)9-12-3-1-2-4-14(12)19/h1-8H,9-10H2. The van der Waals surface area contributed by atoms with Gasteiger partial charge in [0.25, 0.3) is 0 Å². The van der Waals surface area contributed by atoms with E-state index in [4.69, 9.17) is 11.6 Å². The van der Waals surface area contributed by atoms with Crippen LogP contribution in [0.3, 0.4) is 0 Å². The zero-order chi connectivity index (χ0) is 16.5. The molecule has 0 saturated carbocycles. The van der Waals surface area contributed by atoms with Crippen LogP contribution in [-0.4, -0.2) is 26.3 Å². The van der Waals surface area contributed by atoms with E-state index in [9.17, 15) is 4.39 Å². The van der Waals surface area contributed by atoms with E-state index in [0.717, 1.165) is 16.4 Å². The van der Waals surface area contributed by atoms with E-state index >= 15 is 0 Å². The van der Waals surface area contributed by atoms with E-state index in [1.165, 1.54) is 6.07 Å². The minimum atomic E-state index is -0.250. The van der Waals surface area contributed by atoms with Crippen molar-refractivity contribution in [1.82, 2.24) is 14.9 Å². The second-order valence-corrected chi connectivity index (χ2v) is 6.70. The lowest BCUT2D eigenvalue weighted by Crippen LogP contribution is -2.14. The van der Waals surface area contributed by atoms with Crippen molar-refractivity contribution in [3.8, 4) is 0 Å². The number of halogens is 2. The Morgan fingerprint density at radius 1 is 1.08 bits per heavy atom. The lowest BCUT2D eigenvalue weighted by molar-refractivity contribution is 0.608. The summed E-state index contributed by atoms with van der Waals surface area (Å²) in [6, 6.07) is 14.2. The summed E-state index contributed by atoms with van der Waals surface area (Å²) < 4.78 is 15.6. The first-order chi connectivity index (χ1) is 11.7. The minimum absolute atomic E-state index is 0.250. The third-order valence-electron chi connectivity index (χ3n) is 3.72. The predicted molar refractivity (Wildman–Crippen MR) is 93.3 cm³/mol. The number of benzene rings is 2. The van der Waals surface area contributed by atoms with Crippen LogP contribution in [0.15, 0.2) is 58.8 Å². The molecule has 120 valence electrons. The molecule has 0 N–H and O–H groups in total. The third-order valence-corrected chi connectivity index (χ3v) is 4.90. The third kappa shape index (κ3) is 2.95. The molecule has 0 spiro atoms. The normalized spacial score (nSPS) is 13.5. The van der Waals surface area contributed by atoms with E-state index in [1.807, 2.05) is 30.3 Å². The summed E-state index contributed by atoms with van der Waals surface area (Å²) in [6.45, 7) is 0. The highest BCUT2D eigenvalue weighted by Gasteiger charge is 2.20. The molecule has 0 amide bonds. The summed E-state index contributed by atoms with van der Waals surface area (Å²) in [6.07, 6.45) is 0.345. The van der Waals surface area contributed by atoms with Crippen LogP contribution >= 0.6 is 23.4 Å². The monoisotopic (exact) mass is 358 g/mol. The van der Waals surface area contributed by atoms with Gasteiger partial charge in [0.15, 0.2) is 5.82 Å². The lowest BCUT2D eigenvalue weighted by Gasteiger charge is -2.14. The Morgan fingerprint density at radius 2 is 1.88 bits per heavy atom. The zero-order valence-corrected chi connectivity index (χ0v) is 14.1. The number of hydrogen-bond acceptors (Lipinski definition) is 4. The molecule has 1 aliphatic rings. The molecular weight excluding hydrogens is 347 g/mol. The van der Waals surface area contributed by atoms with Gasteiger partial charge in [0.1, 0.15) is 5.82 Å². The van der Waals surface area contributed by atoms with E-state index in [0.29, 0.717) is 28.6 Å². The second-order valence-electron chi connectivity index (χ2n) is 5.32. The molecule has 0 unspecified atom stereocenters. The van der Waals surface area contributed by atoms with Crippen molar-refractivity contribution in [3.63, 3.8) is 0 Å². The Hall–Kier alpha value is -2.18. The minimum Gasteiger partial charge on any atom is -0.207 e. The number of fused-ring (bicyclic) bond motifs is 1. The van der Waals surface area contributed by atoms with Crippen molar-refractivity contribution in [1.29, 1.82) is 0 Å². The first-order valence-electron chi connectivity index (χ1n) is 7.35. The van der Waals surface area contributed by atoms with Crippen molar-refractivity contribution in [2.45, 2.75) is 11.6 Å². The van der Waals surface area contributed by atoms with Crippen molar-refractivity contribution in [3.05, 3.63) is 76.3 Å². The molecule has 0 saturated heterocycles. The number of nitrogens with zero attached hydrogens (tertiary/aromatic N) is 4. The molecule has 0 fully saturated rings. The maximum Gasteiger partial charge on any atom is 0.212 e. The van der Waals surface area contributed by atoms with Gasteiger partial charge < -0.3 is 0 Å². The van der Waals surface area contributed by atoms with Crippen LogP contribution in [0.25, 0.3) is 0 Å². The summed E-state index contributed by atoms with van der Waals surface area (Å²) in [7, 11) is 0. The topological polar surface area (TPSA) is 43.1 Å². The first-order valence-corrected chi connectivity index (χ1v) is 8.71. The highest BCUT2D eigenvalue weighted by molar-refractivity contribution is 7.99. The van der Waals surface area contributed by atoms with Crippen LogP contribution in [0.1, 0.15) is 17.0 Å². The van der Waals surface area contributed by atoms with Crippen molar-refractivity contribution in [2.24, 2.45) is 5.10 Å². The van der Waals surface area contributed by atoms with E-state index < -0.39 is 0 Å². The smallest absolute Gasteiger partial charge is 0.207 e. The molecule has 2 aromatic carbocycles. The second kappa shape index (κ2) is 6.37. The molecule has 1 aliphatic heterocycles. The van der Waals surface area contributed by atoms with Crippen LogP contribution in [0.4, 0.5) is 4.39 Å². The summed E-state index contributed by atoms with van der Waals surface area (Å²) in [5.74, 6) is 1.08. The van der Waals surface area contributed by atoms with Crippen molar-refractivity contribution >= 4 is 29.1 Å². The molecular formula is C17H12ClFN4S. The number of rotatable bonds is 3. The first kappa shape index (κ1) is 15.4. The molecule has 24 heavy (non-hydrogen) atoms. The van der Waals surface area contributed by atoms with Gasteiger partial charge in [0.05, 0.1) is 5.71 Å². The summed E-state index contributed by atoms with van der Waals surface area (Å²) in [4.78, 5) is 0. The molecule has 0 aliphatic carbocycles. The Bertz CT molecular complexity index is 921. The number of thioether (sulfide) groups is 1. The molecule has 0 atom stereocenters. The van der Waals surface area contributed by atoms with Gasteiger partial charge in [-0.25, -0.2) is 4.39 Å². The highest BCUT2D eigenvalue weighted by Crippen LogP contribution is 2.25. The predicted octanol–water partition coefficient (Wildman–Crippen LogP) is 4.02. The average Bonchev–Trinajstić information content (AvgIpc) is 3.00. The zero-order valence-electron chi connectivity index (χ0n) is 12.5. The fourth-order valence-electron chi connectivity index (χ4n) is 2.47. The fraction of sp³-hybridized carbons (Fsp3) is 0.118. The SMILES string of the molecule is Fc1ccccc1Cc1nnc2n1N=C(c1ccc(Cl)cc1)CS2. The molecule has 1 aromatic heterocycles. The van der Waals surface area contributed by atoms with Crippen LogP contribution in [0.5, 0.6) is 0 Å². The van der Waals surface area contributed by atoms with Gasteiger partial charge >= 0.3 is 0 Å². The molecule has 3 aromatic rings. The molecule has 4 rings (SSSR count). The van der Waals surface area contributed by atoms with Gasteiger partial charge in [-0.05, 0) is 29.3 Å². The molecule has 4 nitrogen and oxygen atoms in total. The largest absolute Gasteiger partial charge is 0.212 e. The molecule has 7 heteroatoms. The van der Waals surface area contributed by atoms with Crippen molar-refractivity contribution < 1.29 is 4.39 Å². The van der Waals surface area contributed by atoms with Crippen LogP contribution in [0.2, 0.25) is 5.02 Å². The maximum absolute atomic E-state index is 13.9. The van der Waals surface area contributed by atoms with Gasteiger partial charge in [-0.15, -0.1) is 10.2 Å². The Labute approximate surface area is 147 Å². The van der Waals surface area contributed by atoms with Crippen LogP contribution < -0.4 is 0 Å². The van der Waals surface area contributed by atoms with Crippen LogP contribution in [0, 0.1) is 5.82 Å². The van der Waals surface area contributed by atoms with Gasteiger partial charge in [0.2, 0.25) is 5.16 Å². The van der Waals surface area contributed by atoms with Gasteiger partial charge in [-0.3, -0.25) is 0 Å². The summed E-state index contributed by atoms with van der Waals surface area (Å²) in [5.41, 5.74) is 2.49. The molecule has 0 bridgehead atoms. The highest BCUT2D eigenvalue weighted by atomic mass is 35.5. The van der Waals surface area contributed by atoms with E-state index in [-0.39, 0.29) is 5.82 Å². The summed E-state index contributed by atoms with van der Waals surface area (Å²) in [5, 5.41) is 14.4.